The van der Waals surface area contributed by atoms with Crippen molar-refractivity contribution in [1.29, 1.82) is 0 Å². The highest BCUT2D eigenvalue weighted by Gasteiger charge is 2.42. The Labute approximate surface area is 105 Å². The fraction of sp³-hybridized carbons (Fsp3) is 0.933. The van der Waals surface area contributed by atoms with Crippen molar-refractivity contribution < 1.29 is 4.79 Å². The van der Waals surface area contributed by atoms with Gasteiger partial charge in [-0.25, -0.2) is 0 Å². The van der Waals surface area contributed by atoms with Gasteiger partial charge in [0.15, 0.2) is 0 Å². The van der Waals surface area contributed by atoms with Gasteiger partial charge in [0.05, 0.1) is 0 Å². The van der Waals surface area contributed by atoms with Crippen LogP contribution in [0.15, 0.2) is 0 Å². The van der Waals surface area contributed by atoms with E-state index in [1.165, 1.54) is 32.1 Å². The Bertz CT molecular complexity index is 260. The van der Waals surface area contributed by atoms with E-state index in [1.807, 2.05) is 0 Å². The maximum atomic E-state index is 12.7. The summed E-state index contributed by atoms with van der Waals surface area (Å²) in [4.78, 5) is 12.7. The van der Waals surface area contributed by atoms with Crippen LogP contribution in [-0.2, 0) is 4.79 Å². The largest absolute Gasteiger partial charge is 0.329 e. The second kappa shape index (κ2) is 5.51. The maximum Gasteiger partial charge on any atom is 0.143 e. The van der Waals surface area contributed by atoms with Crippen LogP contribution >= 0.6 is 0 Å². The number of nitrogens with two attached hydrogens (primary N) is 1. The average molecular weight is 237 g/mol. The number of carbonyl (C=O) groups is 1. The lowest BCUT2D eigenvalue weighted by Crippen LogP contribution is -2.45. The number of Topliss-reactive ketones (excluding diaryl/α,β-unsaturated/α-hetero) is 1. The van der Waals surface area contributed by atoms with E-state index < -0.39 is 0 Å². The summed E-state index contributed by atoms with van der Waals surface area (Å²) in [7, 11) is 0. The summed E-state index contributed by atoms with van der Waals surface area (Å²) >= 11 is 0. The van der Waals surface area contributed by atoms with Crippen LogP contribution in [0.4, 0.5) is 0 Å². The molecule has 0 atom stereocenters. The number of rotatable bonds is 3. The summed E-state index contributed by atoms with van der Waals surface area (Å²) in [6, 6.07) is 0. The van der Waals surface area contributed by atoms with Crippen molar-refractivity contribution in [2.75, 3.05) is 6.54 Å². The molecule has 2 N–H and O–H groups in total. The summed E-state index contributed by atoms with van der Waals surface area (Å²) < 4.78 is 0. The molecule has 0 spiro atoms. The molecule has 2 aliphatic rings. The lowest BCUT2D eigenvalue weighted by molar-refractivity contribution is -0.135. The van der Waals surface area contributed by atoms with E-state index in [-0.39, 0.29) is 5.41 Å². The van der Waals surface area contributed by atoms with Crippen LogP contribution in [0.1, 0.15) is 64.7 Å². The number of hydrogen-bond donors (Lipinski definition) is 1. The highest BCUT2D eigenvalue weighted by atomic mass is 16.1. The lowest BCUT2D eigenvalue weighted by atomic mass is 9.64. The van der Waals surface area contributed by atoms with Crippen LogP contribution < -0.4 is 5.73 Å². The Hall–Kier alpha value is -0.370. The van der Waals surface area contributed by atoms with E-state index in [1.54, 1.807) is 0 Å². The molecular formula is C15H27NO. The molecule has 2 aliphatic carbocycles. The topological polar surface area (TPSA) is 43.1 Å². The number of carbonyl (C=O) groups excluding carboxylic acids is 1. The quantitative estimate of drug-likeness (QED) is 0.818. The molecule has 2 saturated carbocycles. The van der Waals surface area contributed by atoms with Crippen LogP contribution in [0.2, 0.25) is 0 Å². The monoisotopic (exact) mass is 237 g/mol. The predicted octanol–water partition coefficient (Wildman–Crippen LogP) is 3.29. The normalized spacial score (nSPS) is 35.8. The van der Waals surface area contributed by atoms with Crippen molar-refractivity contribution in [3.8, 4) is 0 Å². The zero-order valence-electron chi connectivity index (χ0n) is 11.2. The molecule has 0 aromatic heterocycles. The minimum Gasteiger partial charge on any atom is -0.329 e. The number of hydrogen-bond acceptors (Lipinski definition) is 2. The van der Waals surface area contributed by atoms with Gasteiger partial charge in [0.25, 0.3) is 0 Å². The predicted molar refractivity (Wildman–Crippen MR) is 70.7 cm³/mol. The molecule has 0 unspecified atom stereocenters. The summed E-state index contributed by atoms with van der Waals surface area (Å²) in [5, 5.41) is 0. The molecule has 0 heterocycles. The fourth-order valence-corrected chi connectivity index (χ4v) is 3.66. The van der Waals surface area contributed by atoms with E-state index in [2.05, 4.69) is 6.92 Å². The van der Waals surface area contributed by atoms with Crippen molar-refractivity contribution in [2.45, 2.75) is 64.7 Å². The van der Waals surface area contributed by atoms with Crippen molar-refractivity contribution in [3.63, 3.8) is 0 Å². The summed E-state index contributed by atoms with van der Waals surface area (Å²) in [5.74, 6) is 1.64. The minimum absolute atomic E-state index is 0.144. The Morgan fingerprint density at radius 3 is 2.24 bits per heavy atom. The van der Waals surface area contributed by atoms with Crippen LogP contribution in [0.3, 0.4) is 0 Å². The first-order chi connectivity index (χ1) is 8.18. The molecule has 0 radical (unpaired) electrons. The molecule has 0 bridgehead atoms. The molecule has 0 aromatic rings. The van der Waals surface area contributed by atoms with Crippen molar-refractivity contribution in [1.82, 2.24) is 0 Å². The standard InChI is InChI=1S/C15H27NO/c1-12-7-9-15(11-16,10-8-12)14(17)13-5-3-2-4-6-13/h12-13H,2-11,16H2,1H3. The van der Waals surface area contributed by atoms with Gasteiger partial charge in [-0.05, 0) is 44.4 Å². The molecule has 2 nitrogen and oxygen atoms in total. The minimum atomic E-state index is -0.144. The van der Waals surface area contributed by atoms with Gasteiger partial charge in [-0.3, -0.25) is 4.79 Å². The van der Waals surface area contributed by atoms with Gasteiger partial charge in [0, 0.05) is 17.9 Å². The van der Waals surface area contributed by atoms with Crippen molar-refractivity contribution in [3.05, 3.63) is 0 Å². The Morgan fingerprint density at radius 2 is 1.71 bits per heavy atom. The van der Waals surface area contributed by atoms with E-state index in [0.717, 1.165) is 31.6 Å². The van der Waals surface area contributed by atoms with Crippen LogP contribution in [0.5, 0.6) is 0 Å². The third-order valence-corrected chi connectivity index (χ3v) is 5.12. The molecular weight excluding hydrogens is 210 g/mol. The lowest BCUT2D eigenvalue weighted by Gasteiger charge is -2.40. The molecule has 0 saturated heterocycles. The molecule has 98 valence electrons. The van der Waals surface area contributed by atoms with Gasteiger partial charge < -0.3 is 5.73 Å². The first-order valence-corrected chi connectivity index (χ1v) is 7.42. The molecule has 17 heavy (non-hydrogen) atoms. The van der Waals surface area contributed by atoms with Crippen molar-refractivity contribution >= 4 is 5.78 Å². The van der Waals surface area contributed by atoms with Gasteiger partial charge in [-0.1, -0.05) is 26.2 Å². The SMILES string of the molecule is CC1CCC(CN)(C(=O)C2CCCCC2)CC1. The molecule has 2 fully saturated rings. The van der Waals surface area contributed by atoms with Crippen LogP contribution in [-0.4, -0.2) is 12.3 Å². The zero-order valence-corrected chi connectivity index (χ0v) is 11.2. The van der Waals surface area contributed by atoms with E-state index >= 15 is 0 Å². The highest BCUT2D eigenvalue weighted by molar-refractivity contribution is 5.87. The molecule has 0 aliphatic heterocycles. The van der Waals surface area contributed by atoms with Crippen LogP contribution in [0.25, 0.3) is 0 Å². The first-order valence-electron chi connectivity index (χ1n) is 7.42. The average Bonchev–Trinajstić information content (AvgIpc) is 2.40. The molecule has 2 rings (SSSR count). The van der Waals surface area contributed by atoms with Gasteiger partial charge >= 0.3 is 0 Å². The van der Waals surface area contributed by atoms with E-state index in [9.17, 15) is 4.79 Å². The van der Waals surface area contributed by atoms with Crippen molar-refractivity contribution in [2.24, 2.45) is 23.0 Å². The van der Waals surface area contributed by atoms with Gasteiger partial charge in [0.2, 0.25) is 0 Å². The number of ketones is 1. The van der Waals surface area contributed by atoms with Crippen LogP contribution in [0, 0.1) is 17.3 Å². The first kappa shape index (κ1) is 13.1. The smallest absolute Gasteiger partial charge is 0.143 e. The maximum absolute atomic E-state index is 12.7. The van der Waals surface area contributed by atoms with E-state index in [0.29, 0.717) is 18.2 Å². The summed E-state index contributed by atoms with van der Waals surface area (Å²) in [6.07, 6.45) is 10.5. The Kier molecular flexibility index (Phi) is 4.24. The molecule has 0 aromatic carbocycles. The fourth-order valence-electron chi connectivity index (χ4n) is 3.66. The highest BCUT2D eigenvalue weighted by Crippen LogP contribution is 2.42. The molecule has 0 amide bonds. The second-order valence-corrected chi connectivity index (χ2v) is 6.37. The summed E-state index contributed by atoms with van der Waals surface area (Å²) in [6.45, 7) is 2.88. The Morgan fingerprint density at radius 1 is 1.12 bits per heavy atom. The van der Waals surface area contributed by atoms with Gasteiger partial charge in [-0.2, -0.15) is 0 Å². The molecule has 2 heteroatoms. The second-order valence-electron chi connectivity index (χ2n) is 6.37. The van der Waals surface area contributed by atoms with E-state index in [4.69, 9.17) is 5.73 Å². The Balaban J connectivity index is 2.03. The third kappa shape index (κ3) is 2.73. The third-order valence-electron chi connectivity index (χ3n) is 5.12. The van der Waals surface area contributed by atoms with Gasteiger partial charge in [0.1, 0.15) is 5.78 Å². The summed E-state index contributed by atoms with van der Waals surface area (Å²) in [5.41, 5.74) is 5.83. The van der Waals surface area contributed by atoms with Gasteiger partial charge in [-0.15, -0.1) is 0 Å². The zero-order chi connectivity index (χ0) is 12.3.